The van der Waals surface area contributed by atoms with Gasteiger partial charge in [0.2, 0.25) is 11.8 Å². The van der Waals surface area contributed by atoms with Gasteiger partial charge < -0.3 is 30.1 Å². The van der Waals surface area contributed by atoms with Crippen molar-refractivity contribution in [3.8, 4) is 5.75 Å². The molecule has 0 saturated heterocycles. The number of esters is 1. The van der Waals surface area contributed by atoms with E-state index in [9.17, 15) is 24.3 Å². The predicted octanol–water partition coefficient (Wildman–Crippen LogP) is 5.83. The number of carbonyl (C=O) groups excluding carboxylic acids is 4. The van der Waals surface area contributed by atoms with Gasteiger partial charge in [0.15, 0.2) is 0 Å². The number of phenolic OH excluding ortho intramolecular Hbond substituents is 1. The molecule has 0 fully saturated rings. The molecule has 0 saturated carbocycles. The molecular weight excluding hydrogens is 574 g/mol. The Kier molecular flexibility index (Phi) is 15.9. The lowest BCUT2D eigenvalue weighted by Gasteiger charge is -2.34. The summed E-state index contributed by atoms with van der Waals surface area (Å²) in [5.41, 5.74) is 0.516. The van der Waals surface area contributed by atoms with Crippen molar-refractivity contribution in [3.05, 3.63) is 65.7 Å². The number of aromatic hydroxyl groups is 1. The van der Waals surface area contributed by atoms with Crippen molar-refractivity contribution in [2.24, 2.45) is 0 Å². The van der Waals surface area contributed by atoms with Crippen molar-refractivity contribution in [3.63, 3.8) is 0 Å². The fraction of sp³-hybridized carbons (Fsp3) is 0.543. The van der Waals surface area contributed by atoms with Crippen molar-refractivity contribution < 1.29 is 33.8 Å². The summed E-state index contributed by atoms with van der Waals surface area (Å²) >= 11 is 0. The summed E-state index contributed by atoms with van der Waals surface area (Å²) in [7, 11) is 0. The molecule has 2 unspecified atom stereocenters. The number of hydrogen-bond acceptors (Lipinski definition) is 7. The SMILES string of the molecule is CCCCCCCCN(C(=O)C(Cc1ccc(O)cc1)NC(=O)OC(C)(C)C)C(C(=O)NCCC(=O)OCC)c1ccccc1. The highest BCUT2D eigenvalue weighted by molar-refractivity contribution is 5.92. The van der Waals surface area contributed by atoms with Crippen LogP contribution >= 0.6 is 0 Å². The predicted molar refractivity (Wildman–Crippen MR) is 174 cm³/mol. The normalized spacial score (nSPS) is 12.5. The molecule has 2 rings (SSSR count). The number of hydrogen-bond donors (Lipinski definition) is 3. The third-order valence-electron chi connectivity index (χ3n) is 7.01. The molecule has 248 valence electrons. The minimum atomic E-state index is -1.07. The maximum atomic E-state index is 14.5. The number of nitrogens with zero attached hydrogens (tertiary/aromatic N) is 1. The van der Waals surface area contributed by atoms with E-state index in [-0.39, 0.29) is 38.3 Å². The van der Waals surface area contributed by atoms with E-state index in [2.05, 4.69) is 17.6 Å². The number of phenols is 1. The Morgan fingerprint density at radius 2 is 1.53 bits per heavy atom. The van der Waals surface area contributed by atoms with Crippen LogP contribution in [0.25, 0.3) is 0 Å². The average molecular weight is 626 g/mol. The van der Waals surface area contributed by atoms with Crippen molar-refractivity contribution in [1.82, 2.24) is 15.5 Å². The van der Waals surface area contributed by atoms with Crippen LogP contribution < -0.4 is 10.6 Å². The molecule has 2 aromatic rings. The van der Waals surface area contributed by atoms with E-state index in [0.717, 1.165) is 32.1 Å². The zero-order valence-electron chi connectivity index (χ0n) is 27.5. The average Bonchev–Trinajstić information content (AvgIpc) is 2.98. The van der Waals surface area contributed by atoms with Gasteiger partial charge in [0.25, 0.3) is 0 Å². The third kappa shape index (κ3) is 14.0. The number of amides is 3. The topological polar surface area (TPSA) is 134 Å². The summed E-state index contributed by atoms with van der Waals surface area (Å²) in [4.78, 5) is 54.8. The summed E-state index contributed by atoms with van der Waals surface area (Å²) in [6.45, 7) is 9.64. The summed E-state index contributed by atoms with van der Waals surface area (Å²) in [6.07, 6.45) is 5.22. The molecule has 0 radical (unpaired) electrons. The van der Waals surface area contributed by atoms with Gasteiger partial charge >= 0.3 is 12.1 Å². The summed E-state index contributed by atoms with van der Waals surface area (Å²) in [5.74, 6) is -1.23. The minimum Gasteiger partial charge on any atom is -0.508 e. The van der Waals surface area contributed by atoms with Crippen LogP contribution in [0, 0.1) is 0 Å². The first-order chi connectivity index (χ1) is 21.4. The highest BCUT2D eigenvalue weighted by Crippen LogP contribution is 2.25. The van der Waals surface area contributed by atoms with Crippen molar-refractivity contribution in [1.29, 1.82) is 0 Å². The number of carbonyl (C=O) groups is 4. The molecule has 2 aromatic carbocycles. The lowest BCUT2D eigenvalue weighted by molar-refractivity contribution is -0.144. The summed E-state index contributed by atoms with van der Waals surface area (Å²) in [5, 5.41) is 15.4. The maximum Gasteiger partial charge on any atom is 0.408 e. The zero-order valence-corrected chi connectivity index (χ0v) is 27.5. The van der Waals surface area contributed by atoms with Gasteiger partial charge in [0.1, 0.15) is 23.4 Å². The molecule has 10 nitrogen and oxygen atoms in total. The number of ether oxygens (including phenoxy) is 2. The summed E-state index contributed by atoms with van der Waals surface area (Å²) < 4.78 is 10.5. The fourth-order valence-electron chi connectivity index (χ4n) is 4.87. The van der Waals surface area contributed by atoms with Crippen LogP contribution in [0.3, 0.4) is 0 Å². The molecule has 10 heteroatoms. The molecule has 45 heavy (non-hydrogen) atoms. The smallest absolute Gasteiger partial charge is 0.408 e. The number of unbranched alkanes of at least 4 members (excludes halogenated alkanes) is 5. The second kappa shape index (κ2) is 19.3. The van der Waals surface area contributed by atoms with Crippen LogP contribution in [0.5, 0.6) is 5.75 Å². The molecule has 2 atom stereocenters. The molecule has 0 aromatic heterocycles. The van der Waals surface area contributed by atoms with Crippen LogP contribution in [0.4, 0.5) is 4.79 Å². The Balaban J connectivity index is 2.47. The Morgan fingerprint density at radius 1 is 0.889 bits per heavy atom. The van der Waals surface area contributed by atoms with E-state index in [0.29, 0.717) is 17.5 Å². The first kappa shape index (κ1) is 37.1. The lowest BCUT2D eigenvalue weighted by Crippen LogP contribution is -2.54. The molecule has 0 heterocycles. The Morgan fingerprint density at radius 3 is 2.16 bits per heavy atom. The van der Waals surface area contributed by atoms with Gasteiger partial charge in [-0.25, -0.2) is 4.79 Å². The molecule has 0 aliphatic rings. The highest BCUT2D eigenvalue weighted by atomic mass is 16.6. The van der Waals surface area contributed by atoms with Crippen LogP contribution in [0.1, 0.15) is 96.7 Å². The third-order valence-corrected chi connectivity index (χ3v) is 7.01. The monoisotopic (exact) mass is 625 g/mol. The van der Waals surface area contributed by atoms with Gasteiger partial charge in [0, 0.05) is 19.5 Å². The second-order valence-corrected chi connectivity index (χ2v) is 12.0. The molecular formula is C35H51N3O7. The van der Waals surface area contributed by atoms with Crippen molar-refractivity contribution in [2.45, 2.75) is 104 Å². The summed E-state index contributed by atoms with van der Waals surface area (Å²) in [6, 6.07) is 13.3. The lowest BCUT2D eigenvalue weighted by atomic mass is 9.99. The Hall–Kier alpha value is -4.08. The molecule has 0 bridgehead atoms. The molecule has 0 aliphatic carbocycles. The Bertz CT molecular complexity index is 1200. The Labute approximate surface area is 267 Å². The van der Waals surface area contributed by atoms with Gasteiger partial charge in [-0.15, -0.1) is 0 Å². The zero-order chi connectivity index (χ0) is 33.2. The largest absolute Gasteiger partial charge is 0.508 e. The van der Waals surface area contributed by atoms with Crippen LogP contribution in [0.2, 0.25) is 0 Å². The fourth-order valence-corrected chi connectivity index (χ4v) is 4.87. The van der Waals surface area contributed by atoms with E-state index < -0.39 is 41.6 Å². The van der Waals surface area contributed by atoms with Gasteiger partial charge in [-0.1, -0.05) is 81.5 Å². The van der Waals surface area contributed by atoms with Crippen molar-refractivity contribution in [2.75, 3.05) is 19.7 Å². The van der Waals surface area contributed by atoms with Gasteiger partial charge in [-0.05, 0) is 57.4 Å². The van der Waals surface area contributed by atoms with E-state index in [1.54, 1.807) is 64.1 Å². The molecule has 0 aliphatic heterocycles. The van der Waals surface area contributed by atoms with E-state index in [1.807, 2.05) is 6.07 Å². The van der Waals surface area contributed by atoms with Crippen LogP contribution in [-0.2, 0) is 30.3 Å². The van der Waals surface area contributed by atoms with Gasteiger partial charge in [0.05, 0.1) is 13.0 Å². The first-order valence-electron chi connectivity index (χ1n) is 16.0. The van der Waals surface area contributed by atoms with Crippen molar-refractivity contribution >= 4 is 23.9 Å². The number of benzene rings is 2. The van der Waals surface area contributed by atoms with Crippen LogP contribution in [-0.4, -0.2) is 65.2 Å². The molecule has 3 amide bonds. The van der Waals surface area contributed by atoms with Crippen LogP contribution in [0.15, 0.2) is 54.6 Å². The number of rotatable bonds is 18. The molecule has 3 N–H and O–H groups in total. The molecule has 0 spiro atoms. The maximum absolute atomic E-state index is 14.5. The quantitative estimate of drug-likeness (QED) is 0.140. The first-order valence-corrected chi connectivity index (χ1v) is 16.0. The number of alkyl carbamates (subject to hydrolysis) is 1. The van der Waals surface area contributed by atoms with Gasteiger partial charge in [-0.2, -0.15) is 0 Å². The minimum absolute atomic E-state index is 0.00383. The van der Waals surface area contributed by atoms with E-state index in [1.165, 1.54) is 17.0 Å². The van der Waals surface area contributed by atoms with Gasteiger partial charge in [-0.3, -0.25) is 14.4 Å². The highest BCUT2D eigenvalue weighted by Gasteiger charge is 2.36. The second-order valence-electron chi connectivity index (χ2n) is 12.0. The number of nitrogens with one attached hydrogen (secondary N) is 2. The standard InChI is InChI=1S/C35H51N3O7/c1-6-8-9-10-11-15-24-38(31(27-16-13-12-14-17-27)32(41)36-23-22-30(40)44-7-2)33(42)29(37-34(43)45-35(3,4)5)25-26-18-20-28(39)21-19-26/h12-14,16-21,29,31,39H,6-11,15,22-25H2,1-5H3,(H,36,41)(H,37,43). The van der Waals surface area contributed by atoms with E-state index >= 15 is 0 Å². The van der Waals surface area contributed by atoms with E-state index in [4.69, 9.17) is 9.47 Å².